The Morgan fingerprint density at radius 2 is 2.35 bits per heavy atom. The van der Waals surface area contributed by atoms with E-state index in [2.05, 4.69) is 33.4 Å². The second-order valence-corrected chi connectivity index (χ2v) is 5.09. The summed E-state index contributed by atoms with van der Waals surface area (Å²) in [5.74, 6) is 0.0540. The number of ether oxygens (including phenoxy) is 1. The third kappa shape index (κ3) is 2.87. The Bertz CT molecular complexity index is 408. The number of hydrogen-bond acceptors (Lipinski definition) is 3. The molecule has 0 aliphatic carbocycles. The Morgan fingerprint density at radius 3 is 3.06 bits per heavy atom. The van der Waals surface area contributed by atoms with Crippen LogP contribution in [-0.2, 0) is 9.53 Å². The number of hydrogen-bond donors (Lipinski definition) is 1. The van der Waals surface area contributed by atoms with Crippen molar-refractivity contribution in [1.29, 1.82) is 0 Å². The highest BCUT2D eigenvalue weighted by Crippen LogP contribution is 2.30. The fraction of sp³-hybridized carbons (Fsp3) is 0.462. The first-order valence-electron chi connectivity index (χ1n) is 5.85. The highest BCUT2D eigenvalue weighted by atomic mass is 79.9. The van der Waals surface area contributed by atoms with Gasteiger partial charge < -0.3 is 10.1 Å². The zero-order chi connectivity index (χ0) is 12.3. The lowest BCUT2D eigenvalue weighted by molar-refractivity contribution is -0.147. The van der Waals surface area contributed by atoms with Crippen molar-refractivity contribution in [2.45, 2.75) is 12.8 Å². The van der Waals surface area contributed by atoms with E-state index < -0.39 is 0 Å². The normalized spacial score (nSPS) is 23.6. The highest BCUT2D eigenvalue weighted by Gasteiger charge is 2.34. The third-order valence-corrected chi connectivity index (χ3v) is 3.57. The molecule has 0 radical (unpaired) electrons. The van der Waals surface area contributed by atoms with Crippen LogP contribution in [0.15, 0.2) is 28.7 Å². The van der Waals surface area contributed by atoms with Crippen molar-refractivity contribution >= 4 is 21.9 Å². The minimum absolute atomic E-state index is 0.0655. The van der Waals surface area contributed by atoms with Crippen molar-refractivity contribution < 1.29 is 9.53 Å². The first-order chi connectivity index (χ1) is 8.22. The molecule has 1 aliphatic rings. The minimum atomic E-state index is -0.0949. The summed E-state index contributed by atoms with van der Waals surface area (Å²) < 4.78 is 6.16. The number of rotatable bonds is 3. The van der Waals surface area contributed by atoms with Crippen LogP contribution < -0.4 is 5.32 Å². The van der Waals surface area contributed by atoms with Crippen molar-refractivity contribution in [1.82, 2.24) is 5.32 Å². The maximum absolute atomic E-state index is 11.8. The standard InChI is InChI=1S/C13H16BrNO2/c1-2-17-13(16)12-8-15-7-11(12)9-4-3-5-10(14)6-9/h3-6,11-12,15H,2,7-8H2,1H3/t11-,12+/m0/s1. The van der Waals surface area contributed by atoms with E-state index in [9.17, 15) is 4.79 Å². The van der Waals surface area contributed by atoms with Crippen LogP contribution in [0.1, 0.15) is 18.4 Å². The molecule has 2 rings (SSSR count). The number of nitrogens with one attached hydrogen (secondary N) is 1. The Balaban J connectivity index is 2.17. The molecule has 4 heteroatoms. The molecule has 0 amide bonds. The lowest BCUT2D eigenvalue weighted by atomic mass is 9.89. The number of benzene rings is 1. The van der Waals surface area contributed by atoms with Crippen LogP contribution in [0.4, 0.5) is 0 Å². The van der Waals surface area contributed by atoms with E-state index in [1.54, 1.807) is 0 Å². The van der Waals surface area contributed by atoms with Gasteiger partial charge in [0.05, 0.1) is 12.5 Å². The van der Waals surface area contributed by atoms with E-state index in [-0.39, 0.29) is 17.8 Å². The molecule has 1 saturated heterocycles. The summed E-state index contributed by atoms with van der Waals surface area (Å²) in [5.41, 5.74) is 1.18. The smallest absolute Gasteiger partial charge is 0.310 e. The quantitative estimate of drug-likeness (QED) is 0.870. The number of carbonyl (C=O) groups excluding carboxylic acids is 1. The van der Waals surface area contributed by atoms with Crippen LogP contribution in [0, 0.1) is 5.92 Å². The zero-order valence-corrected chi connectivity index (χ0v) is 11.4. The molecule has 3 nitrogen and oxygen atoms in total. The van der Waals surface area contributed by atoms with E-state index in [0.717, 1.165) is 11.0 Å². The van der Waals surface area contributed by atoms with Gasteiger partial charge in [-0.05, 0) is 24.6 Å². The topological polar surface area (TPSA) is 38.3 Å². The van der Waals surface area contributed by atoms with E-state index in [1.807, 2.05) is 19.1 Å². The van der Waals surface area contributed by atoms with Crippen molar-refractivity contribution in [2.24, 2.45) is 5.92 Å². The Hall–Kier alpha value is -0.870. The van der Waals surface area contributed by atoms with Gasteiger partial charge in [0.2, 0.25) is 0 Å². The number of halogens is 1. The van der Waals surface area contributed by atoms with E-state index >= 15 is 0 Å². The van der Waals surface area contributed by atoms with Gasteiger partial charge in [-0.25, -0.2) is 0 Å². The molecule has 0 bridgehead atoms. The Morgan fingerprint density at radius 1 is 1.53 bits per heavy atom. The average molecular weight is 298 g/mol. The summed E-state index contributed by atoms with van der Waals surface area (Å²) in [5, 5.41) is 3.26. The molecule has 17 heavy (non-hydrogen) atoms. The van der Waals surface area contributed by atoms with Gasteiger partial charge in [-0.1, -0.05) is 28.1 Å². The molecule has 1 N–H and O–H groups in total. The third-order valence-electron chi connectivity index (χ3n) is 3.08. The van der Waals surface area contributed by atoms with Crippen LogP contribution >= 0.6 is 15.9 Å². The second kappa shape index (κ2) is 5.65. The van der Waals surface area contributed by atoms with Gasteiger partial charge in [-0.3, -0.25) is 4.79 Å². The van der Waals surface area contributed by atoms with Crippen LogP contribution in [0.5, 0.6) is 0 Å². The average Bonchev–Trinajstić information content (AvgIpc) is 2.78. The van der Waals surface area contributed by atoms with E-state index in [4.69, 9.17) is 4.74 Å². The minimum Gasteiger partial charge on any atom is -0.466 e. The van der Waals surface area contributed by atoms with E-state index in [1.165, 1.54) is 5.56 Å². The lowest BCUT2D eigenvalue weighted by Gasteiger charge is -2.17. The fourth-order valence-corrected chi connectivity index (χ4v) is 2.68. The molecule has 1 aromatic carbocycles. The molecule has 1 heterocycles. The first-order valence-corrected chi connectivity index (χ1v) is 6.64. The van der Waals surface area contributed by atoms with E-state index in [0.29, 0.717) is 13.2 Å². The molecule has 0 unspecified atom stereocenters. The van der Waals surface area contributed by atoms with Gasteiger partial charge in [0.25, 0.3) is 0 Å². The van der Waals surface area contributed by atoms with Gasteiger partial charge in [0.15, 0.2) is 0 Å². The summed E-state index contributed by atoms with van der Waals surface area (Å²) in [7, 11) is 0. The fourth-order valence-electron chi connectivity index (χ4n) is 2.26. The van der Waals surface area contributed by atoms with Gasteiger partial charge >= 0.3 is 5.97 Å². The Labute approximate surface area is 110 Å². The number of esters is 1. The summed E-state index contributed by atoms with van der Waals surface area (Å²) >= 11 is 3.46. The van der Waals surface area contributed by atoms with Crippen LogP contribution in [-0.4, -0.2) is 25.7 Å². The number of carbonyl (C=O) groups is 1. The predicted molar refractivity (Wildman–Crippen MR) is 69.9 cm³/mol. The van der Waals surface area contributed by atoms with Crippen molar-refractivity contribution in [3.05, 3.63) is 34.3 Å². The maximum Gasteiger partial charge on any atom is 0.310 e. The van der Waals surface area contributed by atoms with Crippen molar-refractivity contribution in [3.63, 3.8) is 0 Å². The summed E-state index contributed by atoms with van der Waals surface area (Å²) in [6, 6.07) is 8.13. The maximum atomic E-state index is 11.8. The molecule has 2 atom stereocenters. The largest absolute Gasteiger partial charge is 0.466 e. The Kier molecular flexibility index (Phi) is 4.18. The van der Waals surface area contributed by atoms with Crippen molar-refractivity contribution in [2.75, 3.05) is 19.7 Å². The predicted octanol–water partition coefficient (Wildman–Crippen LogP) is 2.32. The molecule has 0 aromatic heterocycles. The zero-order valence-electron chi connectivity index (χ0n) is 9.78. The van der Waals surface area contributed by atoms with Gasteiger partial charge in [0.1, 0.15) is 0 Å². The monoisotopic (exact) mass is 297 g/mol. The summed E-state index contributed by atoms with van der Waals surface area (Å²) in [6.07, 6.45) is 0. The molecular weight excluding hydrogens is 282 g/mol. The van der Waals surface area contributed by atoms with Gasteiger partial charge in [0, 0.05) is 23.5 Å². The molecule has 1 fully saturated rings. The lowest BCUT2D eigenvalue weighted by Crippen LogP contribution is -2.24. The molecule has 1 aromatic rings. The van der Waals surface area contributed by atoms with Crippen LogP contribution in [0.2, 0.25) is 0 Å². The molecular formula is C13H16BrNO2. The van der Waals surface area contributed by atoms with Gasteiger partial charge in [-0.15, -0.1) is 0 Å². The first kappa shape index (κ1) is 12.6. The van der Waals surface area contributed by atoms with Crippen LogP contribution in [0.3, 0.4) is 0 Å². The highest BCUT2D eigenvalue weighted by molar-refractivity contribution is 9.10. The molecule has 1 aliphatic heterocycles. The van der Waals surface area contributed by atoms with Crippen molar-refractivity contribution in [3.8, 4) is 0 Å². The van der Waals surface area contributed by atoms with Gasteiger partial charge in [-0.2, -0.15) is 0 Å². The summed E-state index contributed by atoms with van der Waals surface area (Å²) in [6.45, 7) is 3.82. The van der Waals surface area contributed by atoms with Crippen LogP contribution in [0.25, 0.3) is 0 Å². The molecule has 92 valence electrons. The molecule has 0 saturated carbocycles. The second-order valence-electron chi connectivity index (χ2n) is 4.18. The SMILES string of the molecule is CCOC(=O)[C@@H]1CNC[C@H]1c1cccc(Br)c1. The molecule has 0 spiro atoms. The summed E-state index contributed by atoms with van der Waals surface area (Å²) in [4.78, 5) is 11.8.